The second-order valence-corrected chi connectivity index (χ2v) is 8.29. The minimum Gasteiger partial charge on any atom is -0.350 e. The largest absolute Gasteiger partial charge is 0.405 e. The lowest BCUT2D eigenvalue weighted by Crippen LogP contribution is -2.57. The van der Waals surface area contributed by atoms with Crippen LogP contribution in [0.5, 0.6) is 0 Å². The van der Waals surface area contributed by atoms with Crippen LogP contribution in [0.15, 0.2) is 23.1 Å². The van der Waals surface area contributed by atoms with Gasteiger partial charge >= 0.3 is 6.18 Å². The van der Waals surface area contributed by atoms with Crippen molar-refractivity contribution in [3.63, 3.8) is 0 Å². The van der Waals surface area contributed by atoms with Gasteiger partial charge in [-0.3, -0.25) is 9.69 Å². The van der Waals surface area contributed by atoms with E-state index >= 15 is 0 Å². The maximum absolute atomic E-state index is 13.3. The summed E-state index contributed by atoms with van der Waals surface area (Å²) in [7, 11) is -3.54. The molecule has 0 bridgehead atoms. The summed E-state index contributed by atoms with van der Waals surface area (Å²) in [6.07, 6.45) is -3.46. The van der Waals surface area contributed by atoms with Gasteiger partial charge in [-0.15, -0.1) is 12.4 Å². The summed E-state index contributed by atoms with van der Waals surface area (Å²) in [5.74, 6) is -0.737. The Kier molecular flexibility index (Phi) is 8.09. The number of benzene rings is 1. The molecule has 1 aliphatic heterocycles. The Morgan fingerprint density at radius 1 is 1.30 bits per heavy atom. The van der Waals surface area contributed by atoms with Crippen LogP contribution in [0.1, 0.15) is 15.9 Å². The van der Waals surface area contributed by atoms with Crippen LogP contribution in [-0.2, 0) is 9.84 Å². The van der Waals surface area contributed by atoms with Gasteiger partial charge in [-0.25, -0.2) is 8.42 Å². The quantitative estimate of drug-likeness (QED) is 0.739. The molecular formula is C16H23ClF3N3O3S. The maximum Gasteiger partial charge on any atom is 0.405 e. The Balaban J connectivity index is 0.00000364. The Bertz CT molecular complexity index is 766. The third-order valence-corrected chi connectivity index (χ3v) is 5.51. The first-order valence-electron chi connectivity index (χ1n) is 8.10. The van der Waals surface area contributed by atoms with Gasteiger partial charge in [-0.2, -0.15) is 13.2 Å². The van der Waals surface area contributed by atoms with Crippen molar-refractivity contribution in [3.05, 3.63) is 29.3 Å². The summed E-state index contributed by atoms with van der Waals surface area (Å²) in [4.78, 5) is 13.5. The average Bonchev–Trinajstić information content (AvgIpc) is 2.54. The molecule has 0 aromatic heterocycles. The number of hydrogen-bond acceptors (Lipinski definition) is 5. The number of carbonyl (C=O) groups is 1. The van der Waals surface area contributed by atoms with Gasteiger partial charge in [-0.05, 0) is 24.6 Å². The first kappa shape index (κ1) is 23.7. The molecule has 0 radical (unpaired) electrons. The Morgan fingerprint density at radius 3 is 2.41 bits per heavy atom. The molecule has 1 unspecified atom stereocenters. The lowest BCUT2D eigenvalue weighted by atomic mass is 10.1. The van der Waals surface area contributed by atoms with Crippen molar-refractivity contribution in [1.82, 2.24) is 15.5 Å². The molecule has 1 saturated heterocycles. The van der Waals surface area contributed by atoms with Crippen molar-refractivity contribution in [3.8, 4) is 0 Å². The topological polar surface area (TPSA) is 78.5 Å². The summed E-state index contributed by atoms with van der Waals surface area (Å²) in [5, 5.41) is 5.27. The average molecular weight is 430 g/mol. The summed E-state index contributed by atoms with van der Waals surface area (Å²) in [6.45, 7) is 2.38. The zero-order chi connectivity index (χ0) is 19.5. The van der Waals surface area contributed by atoms with E-state index in [0.717, 1.165) is 6.26 Å². The van der Waals surface area contributed by atoms with E-state index in [1.807, 2.05) is 0 Å². The van der Waals surface area contributed by atoms with Gasteiger partial charge in [0.15, 0.2) is 9.84 Å². The maximum atomic E-state index is 13.3. The van der Waals surface area contributed by atoms with Crippen LogP contribution < -0.4 is 10.6 Å². The molecule has 6 nitrogen and oxygen atoms in total. The summed E-state index contributed by atoms with van der Waals surface area (Å²) >= 11 is 0. The van der Waals surface area contributed by atoms with Gasteiger partial charge in [0.25, 0.3) is 5.91 Å². The second-order valence-electron chi connectivity index (χ2n) is 6.31. The summed E-state index contributed by atoms with van der Waals surface area (Å²) in [6, 6.07) is 2.26. The first-order chi connectivity index (χ1) is 12.0. The van der Waals surface area contributed by atoms with E-state index in [9.17, 15) is 26.4 Å². The van der Waals surface area contributed by atoms with Crippen molar-refractivity contribution < 1.29 is 26.4 Å². The monoisotopic (exact) mass is 429 g/mol. The second kappa shape index (κ2) is 9.22. The van der Waals surface area contributed by atoms with Gasteiger partial charge in [0.2, 0.25) is 0 Å². The number of nitrogens with one attached hydrogen (secondary N) is 2. The fraction of sp³-hybridized carbons (Fsp3) is 0.562. The number of halogens is 4. The van der Waals surface area contributed by atoms with Gasteiger partial charge in [0.1, 0.15) is 6.04 Å². The summed E-state index contributed by atoms with van der Waals surface area (Å²) in [5.41, 5.74) is 0.482. The molecule has 0 saturated carbocycles. The van der Waals surface area contributed by atoms with Crippen molar-refractivity contribution in [1.29, 1.82) is 0 Å². The highest BCUT2D eigenvalue weighted by Gasteiger charge is 2.43. The Morgan fingerprint density at radius 2 is 1.89 bits per heavy atom. The van der Waals surface area contributed by atoms with Gasteiger partial charge in [-0.1, -0.05) is 6.07 Å². The van der Waals surface area contributed by atoms with E-state index in [0.29, 0.717) is 18.7 Å². The molecule has 1 aliphatic rings. The lowest BCUT2D eigenvalue weighted by Gasteiger charge is -2.35. The Hall–Kier alpha value is -1.36. The van der Waals surface area contributed by atoms with Crippen molar-refractivity contribution >= 4 is 28.2 Å². The van der Waals surface area contributed by atoms with Crippen LogP contribution in [0.3, 0.4) is 0 Å². The van der Waals surface area contributed by atoms with Crippen molar-refractivity contribution in [2.45, 2.75) is 24.0 Å². The number of amides is 1. The SMILES string of the molecule is Cc1ccc(C(=O)NCC(N2CCNCC2)C(F)(F)F)cc1S(C)(=O)=O.Cl. The highest BCUT2D eigenvalue weighted by atomic mass is 35.5. The number of piperazine rings is 1. The van der Waals surface area contributed by atoms with E-state index < -0.39 is 34.5 Å². The molecule has 1 atom stereocenters. The van der Waals surface area contributed by atoms with Crippen molar-refractivity contribution in [2.24, 2.45) is 0 Å². The number of nitrogens with zero attached hydrogens (tertiary/aromatic N) is 1. The van der Waals surface area contributed by atoms with Crippen molar-refractivity contribution in [2.75, 3.05) is 39.0 Å². The van der Waals surface area contributed by atoms with E-state index in [2.05, 4.69) is 10.6 Å². The molecule has 1 aromatic rings. The minimum absolute atomic E-state index is 0. The molecule has 154 valence electrons. The molecule has 27 heavy (non-hydrogen) atoms. The molecule has 1 amide bonds. The van der Waals surface area contributed by atoms with Crippen LogP contribution in [0.2, 0.25) is 0 Å². The number of alkyl halides is 3. The van der Waals surface area contributed by atoms with E-state index in [1.54, 1.807) is 6.92 Å². The zero-order valence-corrected chi connectivity index (χ0v) is 16.6. The molecule has 11 heteroatoms. The fourth-order valence-corrected chi connectivity index (χ4v) is 3.87. The van der Waals surface area contributed by atoms with Gasteiger partial charge in [0, 0.05) is 44.5 Å². The van der Waals surface area contributed by atoms with Crippen LogP contribution in [-0.4, -0.2) is 70.4 Å². The minimum atomic E-state index is -4.48. The molecule has 1 aromatic carbocycles. The highest BCUT2D eigenvalue weighted by Crippen LogP contribution is 2.25. The zero-order valence-electron chi connectivity index (χ0n) is 15.0. The fourth-order valence-electron chi connectivity index (χ4n) is 2.88. The molecule has 0 spiro atoms. The molecular weight excluding hydrogens is 407 g/mol. The predicted octanol–water partition coefficient (Wildman–Crippen LogP) is 1.39. The van der Waals surface area contributed by atoms with Gasteiger partial charge in [0.05, 0.1) is 4.90 Å². The van der Waals surface area contributed by atoms with Gasteiger partial charge < -0.3 is 10.6 Å². The summed E-state index contributed by atoms with van der Waals surface area (Å²) < 4.78 is 63.5. The molecule has 2 rings (SSSR count). The molecule has 1 fully saturated rings. The molecule has 1 heterocycles. The number of aryl methyl sites for hydroxylation is 1. The van der Waals surface area contributed by atoms with E-state index in [-0.39, 0.29) is 36.0 Å². The standard InChI is InChI=1S/C16H22F3N3O3S.ClH/c1-11-3-4-12(9-13(11)26(2,24)25)15(23)21-10-14(16(17,18)19)22-7-5-20-6-8-22;/h3-4,9,14,20H,5-8,10H2,1-2H3,(H,21,23);1H. The van der Waals surface area contributed by atoms with Crippen LogP contribution in [0.4, 0.5) is 13.2 Å². The van der Waals surface area contributed by atoms with E-state index in [4.69, 9.17) is 0 Å². The molecule has 2 N–H and O–H groups in total. The predicted molar refractivity (Wildman–Crippen MR) is 98.2 cm³/mol. The highest BCUT2D eigenvalue weighted by molar-refractivity contribution is 7.90. The number of rotatable bonds is 5. The van der Waals surface area contributed by atoms with E-state index in [1.165, 1.54) is 23.1 Å². The third-order valence-electron chi connectivity index (χ3n) is 4.28. The Labute approximate surface area is 162 Å². The first-order valence-corrected chi connectivity index (χ1v) is 9.99. The molecule has 0 aliphatic carbocycles. The van der Waals surface area contributed by atoms with Crippen LogP contribution in [0.25, 0.3) is 0 Å². The number of carbonyl (C=O) groups excluding carboxylic acids is 1. The normalized spacial score (nSPS) is 17.1. The number of sulfone groups is 1. The van der Waals surface area contributed by atoms with Crippen LogP contribution in [0, 0.1) is 6.92 Å². The lowest BCUT2D eigenvalue weighted by molar-refractivity contribution is -0.183. The smallest absolute Gasteiger partial charge is 0.350 e. The number of hydrogen-bond donors (Lipinski definition) is 2. The van der Waals surface area contributed by atoms with Crippen LogP contribution >= 0.6 is 12.4 Å². The third kappa shape index (κ3) is 6.34.